The van der Waals surface area contributed by atoms with E-state index in [-0.39, 0.29) is 5.41 Å². The molecule has 1 aromatic rings. The first-order valence-corrected chi connectivity index (χ1v) is 8.73. The summed E-state index contributed by atoms with van der Waals surface area (Å²) in [6, 6.07) is 1.67. The summed E-state index contributed by atoms with van der Waals surface area (Å²) >= 11 is 4.77. The van der Waals surface area contributed by atoms with E-state index in [2.05, 4.69) is 27.6 Å². The van der Waals surface area contributed by atoms with Crippen molar-refractivity contribution in [3.8, 4) is 0 Å². The Morgan fingerprint density at radius 2 is 2.18 bits per heavy atom. The average Bonchev–Trinajstić information content (AvgIpc) is 2.96. The molecule has 1 saturated carbocycles. The maximum atomic E-state index is 12.1. The molecule has 0 amide bonds. The van der Waals surface area contributed by atoms with Gasteiger partial charge in [-0.25, -0.2) is 13.1 Å². The fourth-order valence-corrected chi connectivity index (χ4v) is 5.42. The van der Waals surface area contributed by atoms with Crippen molar-refractivity contribution < 1.29 is 8.42 Å². The molecule has 0 unspecified atom stereocenters. The van der Waals surface area contributed by atoms with E-state index >= 15 is 0 Å². The first-order valence-electron chi connectivity index (χ1n) is 5.64. The second-order valence-corrected chi connectivity index (χ2v) is 9.02. The van der Waals surface area contributed by atoms with Crippen LogP contribution in [0.5, 0.6) is 0 Å². The predicted octanol–water partition coefficient (Wildman–Crippen LogP) is 3.29. The Balaban J connectivity index is 2.12. The molecule has 2 rings (SSSR count). The zero-order chi connectivity index (χ0) is 12.7. The summed E-state index contributed by atoms with van der Waals surface area (Å²) in [7, 11) is -3.34. The van der Waals surface area contributed by atoms with E-state index in [1.54, 1.807) is 6.07 Å². The smallest absolute Gasteiger partial charge is 0.211 e. The van der Waals surface area contributed by atoms with Crippen LogP contribution in [0.1, 0.15) is 31.1 Å². The third kappa shape index (κ3) is 2.92. The van der Waals surface area contributed by atoms with Gasteiger partial charge in [0.15, 0.2) is 0 Å². The number of aryl methyl sites for hydroxylation is 1. The van der Waals surface area contributed by atoms with Gasteiger partial charge in [-0.05, 0) is 53.6 Å². The highest BCUT2D eigenvalue weighted by Gasteiger charge is 2.41. The van der Waals surface area contributed by atoms with E-state index in [4.69, 9.17) is 0 Å². The lowest BCUT2D eigenvalue weighted by Gasteiger charge is -2.13. The van der Waals surface area contributed by atoms with E-state index < -0.39 is 10.0 Å². The van der Waals surface area contributed by atoms with Crippen molar-refractivity contribution in [1.29, 1.82) is 0 Å². The summed E-state index contributed by atoms with van der Waals surface area (Å²) < 4.78 is 27.9. The summed E-state index contributed by atoms with van der Waals surface area (Å²) in [5, 5.41) is 0. The Hall–Kier alpha value is 0.0900. The summed E-state index contributed by atoms with van der Waals surface area (Å²) in [5.74, 6) is 0. The Labute approximate surface area is 115 Å². The Bertz CT molecular complexity index is 518. The second kappa shape index (κ2) is 4.64. The monoisotopic (exact) mass is 337 g/mol. The molecule has 96 valence electrons. The van der Waals surface area contributed by atoms with Gasteiger partial charge >= 0.3 is 0 Å². The molecule has 1 aliphatic carbocycles. The average molecular weight is 338 g/mol. The van der Waals surface area contributed by atoms with E-state index in [1.807, 2.05) is 6.92 Å². The topological polar surface area (TPSA) is 46.2 Å². The Morgan fingerprint density at radius 3 is 2.59 bits per heavy atom. The molecule has 0 radical (unpaired) electrons. The minimum Gasteiger partial charge on any atom is -0.211 e. The molecular weight excluding hydrogens is 322 g/mol. The molecule has 1 fully saturated rings. The normalized spacial score (nSPS) is 18.3. The number of hydrogen-bond acceptors (Lipinski definition) is 3. The van der Waals surface area contributed by atoms with Crippen molar-refractivity contribution in [3.63, 3.8) is 0 Å². The highest BCUT2D eigenvalue weighted by atomic mass is 79.9. The molecule has 1 aromatic heterocycles. The molecular formula is C11H16BrNO2S2. The quantitative estimate of drug-likeness (QED) is 0.895. The van der Waals surface area contributed by atoms with Crippen LogP contribution >= 0.6 is 27.3 Å². The number of halogens is 1. The van der Waals surface area contributed by atoms with Crippen LogP contribution in [0.2, 0.25) is 0 Å². The van der Waals surface area contributed by atoms with Crippen LogP contribution < -0.4 is 4.72 Å². The minimum atomic E-state index is -3.34. The second-order valence-electron chi connectivity index (χ2n) is 4.65. The Kier molecular flexibility index (Phi) is 3.69. The number of rotatable bonds is 5. The molecule has 17 heavy (non-hydrogen) atoms. The number of nitrogens with one attached hydrogen (secondary N) is 1. The standard InChI is InChI=1S/C11H16BrNO2S2/c1-3-11(4-5-11)7-13-17(14,15)9-6-10(12)16-8(9)2/h6,13H,3-5,7H2,1-2H3. The van der Waals surface area contributed by atoms with Crippen LogP contribution in [-0.4, -0.2) is 15.0 Å². The largest absolute Gasteiger partial charge is 0.241 e. The number of hydrogen-bond donors (Lipinski definition) is 1. The summed E-state index contributed by atoms with van der Waals surface area (Å²) in [6.07, 6.45) is 3.32. The third-order valence-corrected chi connectivity index (χ3v) is 6.69. The van der Waals surface area contributed by atoms with Crippen LogP contribution in [0.4, 0.5) is 0 Å². The molecule has 1 heterocycles. The van der Waals surface area contributed by atoms with Gasteiger partial charge in [0, 0.05) is 11.4 Å². The fourth-order valence-electron chi connectivity index (χ4n) is 1.86. The zero-order valence-corrected chi connectivity index (χ0v) is 13.1. The van der Waals surface area contributed by atoms with Gasteiger partial charge in [0.1, 0.15) is 0 Å². The van der Waals surface area contributed by atoms with Crippen molar-refractivity contribution >= 4 is 37.3 Å². The van der Waals surface area contributed by atoms with Crippen molar-refractivity contribution in [2.24, 2.45) is 5.41 Å². The van der Waals surface area contributed by atoms with Crippen molar-refractivity contribution in [2.45, 2.75) is 38.0 Å². The summed E-state index contributed by atoms with van der Waals surface area (Å²) in [5.41, 5.74) is 0.230. The van der Waals surface area contributed by atoms with Gasteiger partial charge in [-0.15, -0.1) is 11.3 Å². The van der Waals surface area contributed by atoms with Gasteiger partial charge in [0.05, 0.1) is 8.68 Å². The molecule has 0 bridgehead atoms. The molecule has 0 atom stereocenters. The van der Waals surface area contributed by atoms with Gasteiger partial charge < -0.3 is 0 Å². The molecule has 0 saturated heterocycles. The number of sulfonamides is 1. The lowest BCUT2D eigenvalue weighted by atomic mass is 10.1. The van der Waals surface area contributed by atoms with Crippen LogP contribution in [0.25, 0.3) is 0 Å². The number of thiophene rings is 1. The molecule has 6 heteroatoms. The maximum absolute atomic E-state index is 12.1. The van der Waals surface area contributed by atoms with Crippen LogP contribution in [0.3, 0.4) is 0 Å². The molecule has 0 aliphatic heterocycles. The zero-order valence-electron chi connectivity index (χ0n) is 9.92. The van der Waals surface area contributed by atoms with Crippen molar-refractivity contribution in [3.05, 3.63) is 14.7 Å². The van der Waals surface area contributed by atoms with Crippen molar-refractivity contribution in [2.75, 3.05) is 6.54 Å². The van der Waals surface area contributed by atoms with Crippen LogP contribution in [0, 0.1) is 12.3 Å². The summed E-state index contributed by atoms with van der Waals surface area (Å²) in [6.45, 7) is 4.52. The van der Waals surface area contributed by atoms with Crippen LogP contribution in [-0.2, 0) is 10.0 Å². The van der Waals surface area contributed by atoms with E-state index in [0.29, 0.717) is 11.4 Å². The van der Waals surface area contributed by atoms with Gasteiger partial charge in [0.25, 0.3) is 0 Å². The molecule has 1 N–H and O–H groups in total. The van der Waals surface area contributed by atoms with Gasteiger partial charge in [-0.2, -0.15) is 0 Å². The van der Waals surface area contributed by atoms with E-state index in [0.717, 1.165) is 27.9 Å². The minimum absolute atomic E-state index is 0.230. The highest BCUT2D eigenvalue weighted by Crippen LogP contribution is 2.48. The highest BCUT2D eigenvalue weighted by molar-refractivity contribution is 9.11. The van der Waals surface area contributed by atoms with Crippen LogP contribution in [0.15, 0.2) is 14.7 Å². The van der Waals surface area contributed by atoms with Gasteiger partial charge in [-0.1, -0.05) is 6.92 Å². The van der Waals surface area contributed by atoms with Crippen molar-refractivity contribution in [1.82, 2.24) is 4.72 Å². The third-order valence-electron chi connectivity index (χ3n) is 3.48. The van der Waals surface area contributed by atoms with Gasteiger partial charge in [0.2, 0.25) is 10.0 Å². The SMILES string of the molecule is CCC1(CNS(=O)(=O)c2cc(Br)sc2C)CC1. The molecule has 3 nitrogen and oxygen atoms in total. The maximum Gasteiger partial charge on any atom is 0.241 e. The predicted molar refractivity (Wildman–Crippen MR) is 73.9 cm³/mol. The first-order chi connectivity index (χ1) is 7.88. The molecule has 0 aromatic carbocycles. The molecule has 1 aliphatic rings. The van der Waals surface area contributed by atoms with E-state index in [1.165, 1.54) is 11.3 Å². The molecule has 0 spiro atoms. The first kappa shape index (κ1) is 13.5. The van der Waals surface area contributed by atoms with E-state index in [9.17, 15) is 8.42 Å². The lowest BCUT2D eigenvalue weighted by Crippen LogP contribution is -2.30. The Morgan fingerprint density at radius 1 is 1.53 bits per heavy atom. The summed E-state index contributed by atoms with van der Waals surface area (Å²) in [4.78, 5) is 1.23. The lowest BCUT2D eigenvalue weighted by molar-refractivity contribution is 0.475. The van der Waals surface area contributed by atoms with Gasteiger partial charge in [-0.3, -0.25) is 0 Å². The fraction of sp³-hybridized carbons (Fsp3) is 0.636.